The van der Waals surface area contributed by atoms with E-state index in [9.17, 15) is 30.0 Å². The molecule has 2 fully saturated rings. The van der Waals surface area contributed by atoms with Crippen molar-refractivity contribution in [2.24, 2.45) is 23.7 Å². The van der Waals surface area contributed by atoms with Crippen LogP contribution in [0.3, 0.4) is 0 Å². The Kier molecular flexibility index (Phi) is 17.1. The summed E-state index contributed by atoms with van der Waals surface area (Å²) in [6.07, 6.45) is -7.05. The third-order valence-electron chi connectivity index (χ3n) is 11.5. The molecule has 2 rings (SSSR count). The summed E-state index contributed by atoms with van der Waals surface area (Å²) in [6, 6.07) is -0.268. The van der Waals surface area contributed by atoms with Gasteiger partial charge < -0.3 is 53.9 Å². The number of nitrogens with zero attached hydrogens (tertiary/aromatic N) is 2. The maximum Gasteiger partial charge on any atom is 0.312 e. The Morgan fingerprint density at radius 2 is 1.58 bits per heavy atom. The van der Waals surface area contributed by atoms with E-state index < -0.39 is 89.7 Å². The molecule has 0 aromatic rings. The van der Waals surface area contributed by atoms with Crippen molar-refractivity contribution in [3.05, 3.63) is 0 Å². The van der Waals surface area contributed by atoms with Gasteiger partial charge in [-0.15, -0.1) is 0 Å². The zero-order valence-corrected chi connectivity index (χ0v) is 33.0. The minimum Gasteiger partial charge on any atom is -0.461 e. The minimum absolute atomic E-state index is 0.0891. The van der Waals surface area contributed by atoms with Crippen LogP contribution in [0.1, 0.15) is 94.9 Å². The van der Waals surface area contributed by atoms with Crippen LogP contribution in [-0.4, -0.2) is 149 Å². The van der Waals surface area contributed by atoms with Crippen LogP contribution in [0.4, 0.5) is 0 Å². The average molecular weight is 719 g/mol. The third kappa shape index (κ3) is 10.6. The summed E-state index contributed by atoms with van der Waals surface area (Å²) in [5, 5.41) is 46.1. The molecule has 15 atom stereocenters. The van der Waals surface area contributed by atoms with Gasteiger partial charge in [0, 0.05) is 31.5 Å². The molecule has 2 heterocycles. The molecule has 2 aliphatic heterocycles. The molecule has 1 unspecified atom stereocenters. The quantitative estimate of drug-likeness (QED) is 0.231. The number of carbonyl (C=O) groups is 2. The van der Waals surface area contributed by atoms with Crippen LogP contribution in [-0.2, 0) is 33.3 Å². The Morgan fingerprint density at radius 1 is 0.980 bits per heavy atom. The maximum absolute atomic E-state index is 14.0. The Labute approximate surface area is 300 Å². The molecule has 0 bridgehead atoms. The molecule has 294 valence electrons. The van der Waals surface area contributed by atoms with Crippen LogP contribution in [0.5, 0.6) is 0 Å². The molecule has 50 heavy (non-hydrogen) atoms. The lowest BCUT2D eigenvalue weighted by Gasteiger charge is -2.49. The predicted molar refractivity (Wildman–Crippen MR) is 189 cm³/mol. The number of esters is 2. The summed E-state index contributed by atoms with van der Waals surface area (Å²) < 4.78 is 31.3. The smallest absolute Gasteiger partial charge is 0.312 e. The van der Waals surface area contributed by atoms with Gasteiger partial charge in [-0.2, -0.15) is 0 Å². The molecule has 0 aromatic heterocycles. The fraction of sp³-hybridized carbons (Fsp3) is 0.946. The Morgan fingerprint density at radius 3 is 2.10 bits per heavy atom. The second-order valence-corrected chi connectivity index (χ2v) is 15.6. The number of ether oxygens (including phenoxy) is 5. The van der Waals surface area contributed by atoms with Crippen molar-refractivity contribution < 1.29 is 53.7 Å². The van der Waals surface area contributed by atoms with Crippen molar-refractivity contribution in [3.63, 3.8) is 0 Å². The van der Waals surface area contributed by atoms with Gasteiger partial charge in [0.25, 0.3) is 0 Å². The fourth-order valence-electron chi connectivity index (χ4n) is 7.96. The summed E-state index contributed by atoms with van der Waals surface area (Å²) >= 11 is 0. The highest BCUT2D eigenvalue weighted by molar-refractivity contribution is 5.75. The van der Waals surface area contributed by atoms with Crippen LogP contribution in [0, 0.1) is 23.7 Å². The molecule has 13 heteroatoms. The zero-order chi connectivity index (χ0) is 38.3. The van der Waals surface area contributed by atoms with E-state index in [4.69, 9.17) is 23.7 Å². The first-order valence-corrected chi connectivity index (χ1v) is 18.6. The molecule has 0 aliphatic carbocycles. The lowest BCUT2D eigenvalue weighted by molar-refractivity contribution is -0.302. The number of aliphatic hydroxyl groups excluding tert-OH is 3. The van der Waals surface area contributed by atoms with Gasteiger partial charge in [-0.3, -0.25) is 9.59 Å². The number of aliphatic hydroxyl groups is 4. The summed E-state index contributed by atoms with van der Waals surface area (Å²) in [7, 11) is 5.28. The second kappa shape index (κ2) is 19.1. The van der Waals surface area contributed by atoms with E-state index in [0.29, 0.717) is 13.0 Å². The number of likely N-dealkylation sites (N-methyl/N-ethyl adjacent to an activating group) is 1. The number of hydrogen-bond acceptors (Lipinski definition) is 13. The molecule has 0 saturated carbocycles. The highest BCUT2D eigenvalue weighted by atomic mass is 16.7. The summed E-state index contributed by atoms with van der Waals surface area (Å²) in [5.74, 6) is -4.33. The predicted octanol–water partition coefficient (Wildman–Crippen LogP) is 2.59. The van der Waals surface area contributed by atoms with Crippen molar-refractivity contribution >= 4 is 11.9 Å². The molecule has 4 N–H and O–H groups in total. The normalized spacial score (nSPS) is 42.6. The van der Waals surface area contributed by atoms with E-state index >= 15 is 0 Å². The maximum atomic E-state index is 14.0. The van der Waals surface area contributed by atoms with Gasteiger partial charge in [-0.1, -0.05) is 41.5 Å². The number of methoxy groups -OCH3 is 1. The lowest BCUT2D eigenvalue weighted by atomic mass is 9.73. The van der Waals surface area contributed by atoms with E-state index in [1.54, 1.807) is 20.8 Å². The highest BCUT2D eigenvalue weighted by Crippen LogP contribution is 2.40. The molecule has 0 aromatic carbocycles. The summed E-state index contributed by atoms with van der Waals surface area (Å²) in [6.45, 7) is 19.8. The Hall–Kier alpha value is -1.42. The van der Waals surface area contributed by atoms with Gasteiger partial charge in [0.2, 0.25) is 0 Å². The van der Waals surface area contributed by atoms with Gasteiger partial charge in [0.05, 0.1) is 42.4 Å². The van der Waals surface area contributed by atoms with E-state index in [0.717, 1.165) is 13.1 Å². The monoisotopic (exact) mass is 718 g/mol. The number of carbonyl (C=O) groups excluding carboxylic acids is 2. The highest BCUT2D eigenvalue weighted by Gasteiger charge is 2.52. The zero-order valence-electron chi connectivity index (χ0n) is 33.0. The van der Waals surface area contributed by atoms with Crippen molar-refractivity contribution in [1.29, 1.82) is 0 Å². The third-order valence-corrected chi connectivity index (χ3v) is 11.5. The molecule has 13 nitrogen and oxygen atoms in total. The lowest BCUT2D eigenvalue weighted by Crippen LogP contribution is -2.61. The van der Waals surface area contributed by atoms with E-state index in [1.165, 1.54) is 14.0 Å². The fourth-order valence-corrected chi connectivity index (χ4v) is 7.96. The molecular formula is C37H70N2O11. The average Bonchev–Trinajstić information content (AvgIpc) is 3.07. The van der Waals surface area contributed by atoms with Crippen LogP contribution < -0.4 is 0 Å². The number of rotatable bonds is 11. The topological polar surface area (TPSA) is 168 Å². The largest absolute Gasteiger partial charge is 0.461 e. The van der Waals surface area contributed by atoms with E-state index in [2.05, 4.69) is 4.90 Å². The van der Waals surface area contributed by atoms with Crippen LogP contribution in [0.15, 0.2) is 0 Å². The second-order valence-electron chi connectivity index (χ2n) is 15.6. The Balaban J connectivity index is 2.75. The van der Waals surface area contributed by atoms with Gasteiger partial charge >= 0.3 is 11.9 Å². The molecule has 0 spiro atoms. The van der Waals surface area contributed by atoms with Crippen molar-refractivity contribution in [2.45, 2.75) is 161 Å². The summed E-state index contributed by atoms with van der Waals surface area (Å²) in [4.78, 5) is 31.5. The first kappa shape index (κ1) is 44.7. The standard InChI is InChI=1S/C37H70N2O11/c1-14-27-37(10,45)32(43)23(6)29(41)21(4)20-36(9,46-13)33(50-35-30(42)26(38(11)12)19-22(5)47-35)24(7)31(25(8)34(44)48-27)49-28(40)17-18-39(15-2)16-3/h21-27,29-33,35,41-43,45H,14-20H2,1-13H3/t21-,22-,23+,24+,25-,26+,27-,29?,30-,31+,32-,33-,35+,36-,37-/m1/s1. The van der Waals surface area contributed by atoms with Crippen molar-refractivity contribution in [2.75, 3.05) is 40.8 Å². The van der Waals surface area contributed by atoms with E-state index in [1.807, 2.05) is 60.5 Å². The van der Waals surface area contributed by atoms with Crippen LogP contribution in [0.25, 0.3) is 0 Å². The SMILES string of the molecule is CC[C@H]1OC(=O)[C@H](C)[C@@H](OC(=O)CCN(CC)CC)[C@H](C)[C@@H](O[C@@H]2O[C@H](C)C[C@H](N(C)C)[C@H]2O)[C@](C)(OC)C[C@@H](C)C(O)[C@H](C)[C@@H](O)[C@]1(C)O. The first-order chi connectivity index (χ1) is 23.2. The van der Waals surface area contributed by atoms with Crippen molar-refractivity contribution in [1.82, 2.24) is 9.80 Å². The van der Waals surface area contributed by atoms with Crippen molar-refractivity contribution in [3.8, 4) is 0 Å². The molecule has 0 amide bonds. The number of hydrogen-bond donors (Lipinski definition) is 4. The van der Waals surface area contributed by atoms with Gasteiger partial charge in [0.15, 0.2) is 6.29 Å². The molecule has 2 saturated heterocycles. The van der Waals surface area contributed by atoms with Gasteiger partial charge in [0.1, 0.15) is 23.9 Å². The first-order valence-electron chi connectivity index (χ1n) is 18.6. The summed E-state index contributed by atoms with van der Waals surface area (Å²) in [5.41, 5.74) is -3.10. The molecular weight excluding hydrogens is 648 g/mol. The molecule has 2 aliphatic rings. The van der Waals surface area contributed by atoms with Crippen LogP contribution >= 0.6 is 0 Å². The van der Waals surface area contributed by atoms with Gasteiger partial charge in [-0.05, 0) is 80.1 Å². The Bertz CT molecular complexity index is 1060. The number of cyclic esters (lactones) is 1. The van der Waals surface area contributed by atoms with Gasteiger partial charge in [-0.25, -0.2) is 0 Å². The molecule has 0 radical (unpaired) electrons. The van der Waals surface area contributed by atoms with E-state index in [-0.39, 0.29) is 31.4 Å². The minimum atomic E-state index is -1.90. The van der Waals surface area contributed by atoms with Crippen LogP contribution in [0.2, 0.25) is 0 Å².